The fourth-order valence-electron chi connectivity index (χ4n) is 2.68. The summed E-state index contributed by atoms with van der Waals surface area (Å²) in [6.07, 6.45) is 3.28. The molecule has 106 valence electrons. The van der Waals surface area contributed by atoms with Gasteiger partial charge in [0.1, 0.15) is 0 Å². The number of hydrogen-bond acceptors (Lipinski definition) is 5. The molecule has 0 fully saturated rings. The quantitative estimate of drug-likeness (QED) is 0.908. The van der Waals surface area contributed by atoms with Crippen LogP contribution in [0, 0.1) is 0 Å². The number of hydrogen-bond donors (Lipinski definition) is 2. The van der Waals surface area contributed by atoms with Gasteiger partial charge in [-0.15, -0.1) is 0 Å². The van der Waals surface area contributed by atoms with Gasteiger partial charge in [-0.25, -0.2) is 0 Å². The molecule has 0 spiro atoms. The Morgan fingerprint density at radius 1 is 1.40 bits per heavy atom. The second kappa shape index (κ2) is 5.71. The molecule has 20 heavy (non-hydrogen) atoms. The molecule has 1 aromatic carbocycles. The summed E-state index contributed by atoms with van der Waals surface area (Å²) in [5.41, 5.74) is 8.75. The Labute approximate surface area is 123 Å². The smallest absolute Gasteiger partial charge is 0.197 e. The van der Waals surface area contributed by atoms with Gasteiger partial charge in [0.15, 0.2) is 16.6 Å². The molecule has 5 heteroatoms. The molecule has 1 atom stereocenters. The summed E-state index contributed by atoms with van der Waals surface area (Å²) >= 11 is 1.38. The Balaban J connectivity index is 1.74. The molecule has 0 saturated heterocycles. The van der Waals surface area contributed by atoms with E-state index in [1.165, 1.54) is 22.7 Å². The molecule has 1 aromatic heterocycles. The second-order valence-electron chi connectivity index (χ2n) is 5.01. The zero-order chi connectivity index (χ0) is 13.9. The molecule has 0 bridgehead atoms. The minimum Gasteiger partial charge on any atom is -0.487 e. The van der Waals surface area contributed by atoms with E-state index in [0.717, 1.165) is 24.3 Å². The van der Waals surface area contributed by atoms with Crippen molar-refractivity contribution in [2.75, 3.05) is 17.7 Å². The maximum absolute atomic E-state index is 5.84. The molecular formula is C15H19N3OS. The lowest BCUT2D eigenvalue weighted by atomic mass is 9.88. The molecular weight excluding hydrogens is 270 g/mol. The molecule has 1 aliphatic rings. The van der Waals surface area contributed by atoms with Crippen LogP contribution in [-0.4, -0.2) is 17.0 Å². The lowest BCUT2D eigenvalue weighted by Crippen LogP contribution is -2.27. The highest BCUT2D eigenvalue weighted by Gasteiger charge is 2.21. The number of ether oxygens (including phenoxy) is 1. The van der Waals surface area contributed by atoms with Crippen LogP contribution in [0.1, 0.15) is 24.5 Å². The normalized spacial score (nSPS) is 17.6. The molecule has 1 heterocycles. The van der Waals surface area contributed by atoms with E-state index in [2.05, 4.69) is 34.0 Å². The van der Waals surface area contributed by atoms with Crippen molar-refractivity contribution >= 4 is 22.4 Å². The van der Waals surface area contributed by atoms with Crippen molar-refractivity contribution in [1.82, 2.24) is 4.37 Å². The predicted octanol–water partition coefficient (Wildman–Crippen LogP) is 3.09. The number of nitrogens with one attached hydrogen (secondary N) is 1. The predicted molar refractivity (Wildman–Crippen MR) is 83.6 cm³/mol. The van der Waals surface area contributed by atoms with Gasteiger partial charge in [0, 0.05) is 6.04 Å². The van der Waals surface area contributed by atoms with Gasteiger partial charge >= 0.3 is 0 Å². The average molecular weight is 289 g/mol. The number of benzene rings is 1. The Morgan fingerprint density at radius 3 is 3.00 bits per heavy atom. The summed E-state index contributed by atoms with van der Waals surface area (Å²) in [7, 11) is 0. The highest BCUT2D eigenvalue weighted by Crippen LogP contribution is 2.36. The third kappa shape index (κ3) is 2.58. The minimum absolute atomic E-state index is 0.420. The van der Waals surface area contributed by atoms with Crippen LogP contribution in [0.5, 0.6) is 5.75 Å². The van der Waals surface area contributed by atoms with Crippen molar-refractivity contribution in [2.45, 2.75) is 32.2 Å². The van der Waals surface area contributed by atoms with Crippen molar-refractivity contribution in [3.63, 3.8) is 0 Å². The summed E-state index contributed by atoms with van der Waals surface area (Å²) in [6, 6.07) is 9.08. The van der Waals surface area contributed by atoms with Gasteiger partial charge in [-0.2, -0.15) is 4.37 Å². The maximum Gasteiger partial charge on any atom is 0.197 e. The first-order valence-electron chi connectivity index (χ1n) is 6.99. The Morgan fingerprint density at radius 2 is 2.20 bits per heavy atom. The van der Waals surface area contributed by atoms with Crippen LogP contribution < -0.4 is 15.8 Å². The van der Waals surface area contributed by atoms with E-state index in [-0.39, 0.29) is 0 Å². The Bertz CT molecular complexity index is 597. The molecule has 1 aliphatic carbocycles. The average Bonchev–Trinajstić information content (AvgIpc) is 2.81. The number of nitrogens with two attached hydrogens (primary N) is 1. The van der Waals surface area contributed by atoms with Gasteiger partial charge in [0.25, 0.3) is 0 Å². The highest BCUT2D eigenvalue weighted by atomic mass is 32.1. The standard InChI is InChI=1S/C15H19N3OS/c1-2-19-13-14(16)18-20-15(13)17-12-8-7-10-5-3-4-6-11(10)9-12/h3-6,12,17H,2,7-9H2,1H3,(H2,16,18). The molecule has 0 aliphatic heterocycles. The first-order valence-corrected chi connectivity index (χ1v) is 7.76. The van der Waals surface area contributed by atoms with Gasteiger partial charge < -0.3 is 15.8 Å². The third-order valence-electron chi connectivity index (χ3n) is 3.64. The summed E-state index contributed by atoms with van der Waals surface area (Å²) in [4.78, 5) is 0. The van der Waals surface area contributed by atoms with E-state index in [1.807, 2.05) is 6.92 Å². The number of fused-ring (bicyclic) bond motifs is 1. The van der Waals surface area contributed by atoms with Crippen molar-refractivity contribution in [3.05, 3.63) is 35.4 Å². The molecule has 0 radical (unpaired) electrons. The van der Waals surface area contributed by atoms with E-state index in [4.69, 9.17) is 10.5 Å². The van der Waals surface area contributed by atoms with Crippen LogP contribution in [0.25, 0.3) is 0 Å². The van der Waals surface area contributed by atoms with Crippen LogP contribution >= 0.6 is 11.5 Å². The van der Waals surface area contributed by atoms with E-state index in [9.17, 15) is 0 Å². The molecule has 2 aromatic rings. The van der Waals surface area contributed by atoms with E-state index in [1.54, 1.807) is 0 Å². The largest absolute Gasteiger partial charge is 0.487 e. The molecule has 0 saturated carbocycles. The number of nitrogen functional groups attached to an aromatic ring is 1. The third-order valence-corrected chi connectivity index (χ3v) is 4.42. The molecule has 4 nitrogen and oxygen atoms in total. The van der Waals surface area contributed by atoms with Crippen LogP contribution in [0.3, 0.4) is 0 Å². The number of aryl methyl sites for hydroxylation is 1. The summed E-state index contributed by atoms with van der Waals surface area (Å²) in [5.74, 6) is 1.19. The monoisotopic (exact) mass is 289 g/mol. The fourth-order valence-corrected chi connectivity index (χ4v) is 3.41. The fraction of sp³-hybridized carbons (Fsp3) is 0.400. The lowest BCUT2D eigenvalue weighted by Gasteiger charge is -2.25. The van der Waals surface area contributed by atoms with E-state index >= 15 is 0 Å². The summed E-state index contributed by atoms with van der Waals surface area (Å²) in [5, 5.41) is 4.50. The highest BCUT2D eigenvalue weighted by molar-refractivity contribution is 7.11. The minimum atomic E-state index is 0.420. The summed E-state index contributed by atoms with van der Waals surface area (Å²) < 4.78 is 9.76. The number of anilines is 2. The van der Waals surface area contributed by atoms with Crippen LogP contribution in [0.2, 0.25) is 0 Å². The maximum atomic E-state index is 5.84. The van der Waals surface area contributed by atoms with Crippen molar-refractivity contribution in [3.8, 4) is 5.75 Å². The second-order valence-corrected chi connectivity index (χ2v) is 5.79. The van der Waals surface area contributed by atoms with Crippen LogP contribution in [0.15, 0.2) is 24.3 Å². The number of rotatable bonds is 4. The number of nitrogens with zero attached hydrogens (tertiary/aromatic N) is 1. The number of aromatic nitrogens is 1. The Hall–Kier alpha value is -1.75. The molecule has 0 amide bonds. The lowest BCUT2D eigenvalue weighted by molar-refractivity contribution is 0.343. The zero-order valence-electron chi connectivity index (χ0n) is 11.6. The zero-order valence-corrected chi connectivity index (χ0v) is 12.4. The molecule has 3 rings (SSSR count). The van der Waals surface area contributed by atoms with Gasteiger partial charge in [-0.05, 0) is 48.8 Å². The van der Waals surface area contributed by atoms with Crippen LogP contribution in [-0.2, 0) is 12.8 Å². The first kappa shape index (κ1) is 13.2. The van der Waals surface area contributed by atoms with Crippen molar-refractivity contribution < 1.29 is 4.74 Å². The van der Waals surface area contributed by atoms with Gasteiger partial charge in [-0.3, -0.25) is 0 Å². The molecule has 1 unspecified atom stereocenters. The first-order chi connectivity index (χ1) is 9.78. The van der Waals surface area contributed by atoms with Crippen LogP contribution in [0.4, 0.5) is 10.8 Å². The molecule has 3 N–H and O–H groups in total. The topological polar surface area (TPSA) is 60.2 Å². The van der Waals surface area contributed by atoms with Gasteiger partial charge in [-0.1, -0.05) is 24.3 Å². The van der Waals surface area contributed by atoms with Crippen molar-refractivity contribution in [2.24, 2.45) is 0 Å². The SMILES string of the molecule is CCOc1c(N)nsc1NC1CCc2ccccc2C1. The van der Waals surface area contributed by atoms with Crippen molar-refractivity contribution in [1.29, 1.82) is 0 Å². The van der Waals surface area contributed by atoms with E-state index < -0.39 is 0 Å². The van der Waals surface area contributed by atoms with E-state index in [0.29, 0.717) is 24.2 Å². The Kier molecular flexibility index (Phi) is 3.78. The van der Waals surface area contributed by atoms with Gasteiger partial charge in [0.2, 0.25) is 0 Å². The summed E-state index contributed by atoms with van der Waals surface area (Å²) in [6.45, 7) is 2.56. The van der Waals surface area contributed by atoms with Gasteiger partial charge in [0.05, 0.1) is 6.61 Å².